The van der Waals surface area contributed by atoms with E-state index in [2.05, 4.69) is 20.6 Å². The maximum absolute atomic E-state index is 13.6. The topological polar surface area (TPSA) is 59.1 Å². The number of hydrogen-bond acceptors (Lipinski definition) is 5. The molecule has 0 saturated carbocycles. The highest BCUT2D eigenvalue weighted by Gasteiger charge is 2.12. The molecular formula is C13H21FN4O. The molecule has 0 amide bonds. The Bertz CT molecular complexity index is 396. The van der Waals surface area contributed by atoms with Crippen molar-refractivity contribution in [2.45, 2.75) is 32.3 Å². The van der Waals surface area contributed by atoms with Crippen LogP contribution in [0.2, 0.25) is 0 Å². The van der Waals surface area contributed by atoms with Gasteiger partial charge in [-0.2, -0.15) is 0 Å². The third-order valence-electron chi connectivity index (χ3n) is 3.22. The monoisotopic (exact) mass is 268 g/mol. The van der Waals surface area contributed by atoms with E-state index in [4.69, 9.17) is 4.74 Å². The van der Waals surface area contributed by atoms with Crippen LogP contribution in [0.3, 0.4) is 0 Å². The number of rotatable bonds is 6. The van der Waals surface area contributed by atoms with Gasteiger partial charge in [0.1, 0.15) is 6.33 Å². The minimum Gasteiger partial charge on any atom is -0.378 e. The lowest BCUT2D eigenvalue weighted by Crippen LogP contribution is -2.32. The van der Waals surface area contributed by atoms with Gasteiger partial charge in [0.2, 0.25) is 0 Å². The minimum absolute atomic E-state index is 0.273. The van der Waals surface area contributed by atoms with Crippen molar-refractivity contribution in [2.24, 2.45) is 0 Å². The molecule has 0 spiro atoms. The molecule has 2 heterocycles. The average molecular weight is 268 g/mol. The highest BCUT2D eigenvalue weighted by atomic mass is 19.1. The zero-order valence-corrected chi connectivity index (χ0v) is 11.3. The number of aromatic nitrogens is 2. The Kier molecular flexibility index (Phi) is 5.47. The van der Waals surface area contributed by atoms with Crippen LogP contribution in [0.4, 0.5) is 10.2 Å². The van der Waals surface area contributed by atoms with Gasteiger partial charge in [0, 0.05) is 13.2 Å². The van der Waals surface area contributed by atoms with Gasteiger partial charge in [-0.15, -0.1) is 0 Å². The van der Waals surface area contributed by atoms with E-state index in [-0.39, 0.29) is 11.6 Å². The van der Waals surface area contributed by atoms with Crippen molar-refractivity contribution in [3.05, 3.63) is 17.8 Å². The molecule has 1 aromatic rings. The first-order valence-electron chi connectivity index (χ1n) is 6.80. The number of halogens is 1. The van der Waals surface area contributed by atoms with Gasteiger partial charge in [0.05, 0.1) is 11.8 Å². The van der Waals surface area contributed by atoms with E-state index in [9.17, 15) is 4.39 Å². The van der Waals surface area contributed by atoms with E-state index in [0.29, 0.717) is 24.9 Å². The zero-order chi connectivity index (χ0) is 13.5. The number of hydrogen-bond donors (Lipinski definition) is 2. The molecule has 1 aliphatic rings. The first-order chi connectivity index (χ1) is 9.27. The molecule has 0 aliphatic carbocycles. The summed E-state index contributed by atoms with van der Waals surface area (Å²) in [7, 11) is 0. The number of piperidine rings is 1. The lowest BCUT2D eigenvalue weighted by molar-refractivity contribution is 0.0329. The van der Waals surface area contributed by atoms with E-state index in [1.54, 1.807) is 6.92 Å². The van der Waals surface area contributed by atoms with Gasteiger partial charge in [0.15, 0.2) is 11.6 Å². The molecule has 0 bridgehead atoms. The number of aryl methyl sites for hydroxylation is 1. The summed E-state index contributed by atoms with van der Waals surface area (Å²) in [6, 6.07) is 0. The molecule has 6 heteroatoms. The maximum atomic E-state index is 13.6. The van der Waals surface area contributed by atoms with Crippen LogP contribution in [-0.4, -0.2) is 42.3 Å². The van der Waals surface area contributed by atoms with Crippen LogP contribution in [0.25, 0.3) is 0 Å². The average Bonchev–Trinajstić information content (AvgIpc) is 2.44. The Morgan fingerprint density at radius 1 is 1.42 bits per heavy atom. The van der Waals surface area contributed by atoms with Crippen LogP contribution in [0.5, 0.6) is 0 Å². The van der Waals surface area contributed by atoms with Crippen molar-refractivity contribution >= 4 is 5.82 Å². The molecule has 5 nitrogen and oxygen atoms in total. The second-order valence-electron chi connectivity index (χ2n) is 4.72. The first-order valence-corrected chi connectivity index (χ1v) is 6.80. The molecule has 106 valence electrons. The van der Waals surface area contributed by atoms with E-state index >= 15 is 0 Å². The van der Waals surface area contributed by atoms with Crippen LogP contribution in [0.1, 0.15) is 25.0 Å². The van der Waals surface area contributed by atoms with E-state index < -0.39 is 0 Å². The Balaban J connectivity index is 1.62. The van der Waals surface area contributed by atoms with Crippen LogP contribution in [-0.2, 0) is 4.74 Å². The summed E-state index contributed by atoms with van der Waals surface area (Å²) >= 11 is 0. The lowest BCUT2D eigenvalue weighted by atomic mass is 10.1. The van der Waals surface area contributed by atoms with E-state index in [1.165, 1.54) is 6.33 Å². The maximum Gasteiger partial charge on any atom is 0.186 e. The number of nitrogens with one attached hydrogen (secondary N) is 2. The summed E-state index contributed by atoms with van der Waals surface area (Å²) in [6.45, 7) is 5.05. The number of ether oxygens (including phenoxy) is 1. The van der Waals surface area contributed by atoms with Crippen molar-refractivity contribution in [1.29, 1.82) is 0 Å². The highest BCUT2D eigenvalue weighted by molar-refractivity contribution is 5.36. The Morgan fingerprint density at radius 3 is 3.00 bits per heavy atom. The zero-order valence-electron chi connectivity index (χ0n) is 11.3. The summed E-state index contributed by atoms with van der Waals surface area (Å²) in [6.07, 6.45) is 4.73. The molecule has 1 aromatic heterocycles. The molecule has 1 fully saturated rings. The summed E-state index contributed by atoms with van der Waals surface area (Å²) in [5.41, 5.74) is 0.364. The van der Waals surface area contributed by atoms with Crippen molar-refractivity contribution < 1.29 is 9.13 Å². The molecule has 0 unspecified atom stereocenters. The molecule has 0 radical (unpaired) electrons. The molecule has 1 aliphatic heterocycles. The predicted octanol–water partition coefficient (Wildman–Crippen LogP) is 1.49. The van der Waals surface area contributed by atoms with Gasteiger partial charge >= 0.3 is 0 Å². The normalized spacial score (nSPS) is 16.5. The number of nitrogens with zero attached hydrogens (tertiary/aromatic N) is 2. The second-order valence-corrected chi connectivity index (χ2v) is 4.72. The SMILES string of the molecule is Cc1ncnc(NCCCOC2CCNCC2)c1F. The highest BCUT2D eigenvalue weighted by Crippen LogP contribution is 2.11. The van der Waals surface area contributed by atoms with Crippen LogP contribution in [0, 0.1) is 12.7 Å². The molecule has 0 aromatic carbocycles. The fourth-order valence-electron chi connectivity index (χ4n) is 2.07. The van der Waals surface area contributed by atoms with E-state index in [1.807, 2.05) is 0 Å². The van der Waals surface area contributed by atoms with Crippen LogP contribution >= 0.6 is 0 Å². The van der Waals surface area contributed by atoms with Crippen LogP contribution < -0.4 is 10.6 Å². The minimum atomic E-state index is -0.373. The van der Waals surface area contributed by atoms with E-state index in [0.717, 1.165) is 32.4 Å². The van der Waals surface area contributed by atoms with Gasteiger partial charge in [-0.25, -0.2) is 14.4 Å². The summed E-state index contributed by atoms with van der Waals surface area (Å²) < 4.78 is 19.3. The Hall–Kier alpha value is -1.27. The Labute approximate surface area is 113 Å². The first kappa shape index (κ1) is 14.1. The van der Waals surface area contributed by atoms with Crippen molar-refractivity contribution in [1.82, 2.24) is 15.3 Å². The van der Waals surface area contributed by atoms with Crippen molar-refractivity contribution in [2.75, 3.05) is 31.6 Å². The quantitative estimate of drug-likeness (QED) is 0.766. The van der Waals surface area contributed by atoms with Gasteiger partial charge in [-0.05, 0) is 39.3 Å². The van der Waals surface area contributed by atoms with Crippen molar-refractivity contribution in [3.8, 4) is 0 Å². The fourth-order valence-corrected chi connectivity index (χ4v) is 2.07. The molecular weight excluding hydrogens is 247 g/mol. The summed E-state index contributed by atoms with van der Waals surface area (Å²) in [5, 5.41) is 6.27. The Morgan fingerprint density at radius 2 is 2.21 bits per heavy atom. The van der Waals surface area contributed by atoms with Gasteiger partial charge in [-0.3, -0.25) is 0 Å². The number of anilines is 1. The third-order valence-corrected chi connectivity index (χ3v) is 3.22. The van der Waals surface area contributed by atoms with Gasteiger partial charge < -0.3 is 15.4 Å². The fraction of sp³-hybridized carbons (Fsp3) is 0.692. The second kappa shape index (κ2) is 7.35. The molecule has 1 saturated heterocycles. The lowest BCUT2D eigenvalue weighted by Gasteiger charge is -2.22. The predicted molar refractivity (Wildman–Crippen MR) is 71.7 cm³/mol. The molecule has 2 rings (SSSR count). The summed E-state index contributed by atoms with van der Waals surface area (Å²) in [4.78, 5) is 7.67. The molecule has 2 N–H and O–H groups in total. The van der Waals surface area contributed by atoms with Gasteiger partial charge in [0.25, 0.3) is 0 Å². The standard InChI is InChI=1S/C13H21FN4O/c1-10-12(14)13(18-9-17-10)16-5-2-8-19-11-3-6-15-7-4-11/h9,11,15H,2-8H2,1H3,(H,16,17,18). The largest absolute Gasteiger partial charge is 0.378 e. The van der Waals surface area contributed by atoms with Crippen molar-refractivity contribution in [3.63, 3.8) is 0 Å². The third kappa shape index (κ3) is 4.40. The molecule has 0 atom stereocenters. The smallest absolute Gasteiger partial charge is 0.186 e. The molecule has 19 heavy (non-hydrogen) atoms. The van der Waals surface area contributed by atoms with Gasteiger partial charge in [-0.1, -0.05) is 0 Å². The summed E-state index contributed by atoms with van der Waals surface area (Å²) in [5.74, 6) is -0.101. The van der Waals surface area contributed by atoms with Crippen LogP contribution in [0.15, 0.2) is 6.33 Å².